The monoisotopic (exact) mass is 194 g/mol. The molecule has 2 rings (SSSR count). The van der Waals surface area contributed by atoms with Crippen molar-refractivity contribution >= 4 is 5.78 Å². The van der Waals surface area contributed by atoms with Gasteiger partial charge in [0.25, 0.3) is 0 Å². The Morgan fingerprint density at radius 3 is 2.86 bits per heavy atom. The van der Waals surface area contributed by atoms with Gasteiger partial charge in [0, 0.05) is 19.3 Å². The normalized spacial score (nSPS) is 18.7. The number of hydrogen-bond acceptors (Lipinski definition) is 3. The molecule has 0 aromatic carbocycles. The van der Waals surface area contributed by atoms with Gasteiger partial charge in [0.2, 0.25) is 0 Å². The van der Waals surface area contributed by atoms with Gasteiger partial charge in [-0.15, -0.1) is 0 Å². The van der Waals surface area contributed by atoms with Crippen LogP contribution in [0.15, 0.2) is 18.5 Å². The molecule has 14 heavy (non-hydrogen) atoms. The SMILES string of the molecule is CC1(C(=O)c2ccncc2F)CNC1. The lowest BCUT2D eigenvalue weighted by atomic mass is 9.77. The zero-order valence-electron chi connectivity index (χ0n) is 7.88. The Morgan fingerprint density at radius 1 is 1.64 bits per heavy atom. The topological polar surface area (TPSA) is 42.0 Å². The van der Waals surface area contributed by atoms with E-state index in [-0.39, 0.29) is 11.3 Å². The number of halogens is 1. The van der Waals surface area contributed by atoms with Crippen molar-refractivity contribution in [3.63, 3.8) is 0 Å². The number of nitrogens with zero attached hydrogens (tertiary/aromatic N) is 1. The minimum atomic E-state index is -0.536. The fourth-order valence-corrected chi connectivity index (χ4v) is 1.55. The van der Waals surface area contributed by atoms with E-state index in [0.717, 1.165) is 6.20 Å². The minimum Gasteiger partial charge on any atom is -0.315 e. The number of ketones is 1. The summed E-state index contributed by atoms with van der Waals surface area (Å²) in [5.41, 5.74) is -0.300. The Morgan fingerprint density at radius 2 is 2.36 bits per heavy atom. The second kappa shape index (κ2) is 3.13. The van der Waals surface area contributed by atoms with E-state index in [4.69, 9.17) is 0 Å². The molecule has 1 saturated heterocycles. The van der Waals surface area contributed by atoms with E-state index >= 15 is 0 Å². The summed E-state index contributed by atoms with van der Waals surface area (Å²) in [7, 11) is 0. The molecule has 0 radical (unpaired) electrons. The van der Waals surface area contributed by atoms with Crippen LogP contribution in [0, 0.1) is 11.2 Å². The molecule has 4 heteroatoms. The second-order valence-electron chi connectivity index (χ2n) is 3.85. The average Bonchev–Trinajstić information content (AvgIpc) is 2.14. The maximum absolute atomic E-state index is 13.2. The van der Waals surface area contributed by atoms with Gasteiger partial charge in [-0.3, -0.25) is 9.78 Å². The average molecular weight is 194 g/mol. The van der Waals surface area contributed by atoms with Gasteiger partial charge in [0.05, 0.1) is 17.2 Å². The highest BCUT2D eigenvalue weighted by molar-refractivity contribution is 6.01. The highest BCUT2D eigenvalue weighted by atomic mass is 19.1. The Bertz CT molecular complexity index is 374. The number of carbonyl (C=O) groups is 1. The summed E-state index contributed by atoms with van der Waals surface area (Å²) in [5.74, 6) is -0.679. The molecule has 0 aliphatic carbocycles. The van der Waals surface area contributed by atoms with Gasteiger partial charge >= 0.3 is 0 Å². The van der Waals surface area contributed by atoms with Gasteiger partial charge in [-0.1, -0.05) is 0 Å². The standard InChI is InChI=1S/C10H11FN2O/c1-10(5-13-6-10)9(14)7-2-3-12-4-8(7)11/h2-4,13H,5-6H2,1H3. The summed E-state index contributed by atoms with van der Waals surface area (Å²) in [6.45, 7) is 3.08. The van der Waals surface area contributed by atoms with Crippen LogP contribution < -0.4 is 5.32 Å². The first-order valence-electron chi connectivity index (χ1n) is 4.48. The van der Waals surface area contributed by atoms with Crippen LogP contribution in [-0.4, -0.2) is 23.9 Å². The van der Waals surface area contributed by atoms with Crippen molar-refractivity contribution < 1.29 is 9.18 Å². The lowest BCUT2D eigenvalue weighted by Gasteiger charge is -2.37. The zero-order chi connectivity index (χ0) is 10.2. The van der Waals surface area contributed by atoms with Crippen LogP contribution in [0.25, 0.3) is 0 Å². The third-order valence-corrected chi connectivity index (χ3v) is 2.60. The Kier molecular flexibility index (Phi) is 2.07. The van der Waals surface area contributed by atoms with Crippen molar-refractivity contribution in [2.24, 2.45) is 5.41 Å². The highest BCUT2D eigenvalue weighted by Crippen LogP contribution is 2.27. The predicted molar refractivity (Wildman–Crippen MR) is 49.5 cm³/mol. The van der Waals surface area contributed by atoms with Gasteiger partial charge in [-0.05, 0) is 13.0 Å². The molecule has 1 fully saturated rings. The molecule has 1 aromatic rings. The smallest absolute Gasteiger partial charge is 0.174 e. The number of rotatable bonds is 2. The summed E-state index contributed by atoms with van der Waals surface area (Å²) in [5, 5.41) is 3.01. The van der Waals surface area contributed by atoms with Crippen molar-refractivity contribution in [3.05, 3.63) is 29.8 Å². The van der Waals surface area contributed by atoms with Crippen LogP contribution in [0.1, 0.15) is 17.3 Å². The lowest BCUT2D eigenvalue weighted by Crippen LogP contribution is -2.56. The Hall–Kier alpha value is -1.29. The summed E-state index contributed by atoms with van der Waals surface area (Å²) >= 11 is 0. The van der Waals surface area contributed by atoms with E-state index in [9.17, 15) is 9.18 Å². The summed E-state index contributed by atoms with van der Waals surface area (Å²) in [6.07, 6.45) is 2.51. The first-order chi connectivity index (χ1) is 6.63. The predicted octanol–water partition coefficient (Wildman–Crippen LogP) is 1.01. The molecule has 0 bridgehead atoms. The van der Waals surface area contributed by atoms with Crippen molar-refractivity contribution in [3.8, 4) is 0 Å². The molecule has 0 saturated carbocycles. The third kappa shape index (κ3) is 1.32. The van der Waals surface area contributed by atoms with Crippen molar-refractivity contribution in [1.29, 1.82) is 0 Å². The number of nitrogens with one attached hydrogen (secondary N) is 1. The number of pyridine rings is 1. The van der Waals surface area contributed by atoms with Crippen molar-refractivity contribution in [2.45, 2.75) is 6.92 Å². The molecular formula is C10H11FN2O. The summed E-state index contributed by atoms with van der Waals surface area (Å²) in [6, 6.07) is 1.43. The zero-order valence-corrected chi connectivity index (χ0v) is 7.88. The molecule has 2 heterocycles. The van der Waals surface area contributed by atoms with Crippen LogP contribution in [-0.2, 0) is 0 Å². The Labute approximate surface area is 81.3 Å². The van der Waals surface area contributed by atoms with Gasteiger partial charge in [-0.2, -0.15) is 0 Å². The van der Waals surface area contributed by atoms with Crippen molar-refractivity contribution in [1.82, 2.24) is 10.3 Å². The molecule has 74 valence electrons. The van der Waals surface area contributed by atoms with E-state index in [1.54, 1.807) is 0 Å². The number of aromatic nitrogens is 1. The molecule has 1 aromatic heterocycles. The van der Waals surface area contributed by atoms with Crippen molar-refractivity contribution in [2.75, 3.05) is 13.1 Å². The quantitative estimate of drug-likeness (QED) is 0.714. The molecule has 0 atom stereocenters. The Balaban J connectivity index is 2.32. The van der Waals surface area contributed by atoms with E-state index < -0.39 is 11.2 Å². The van der Waals surface area contributed by atoms with E-state index in [0.29, 0.717) is 13.1 Å². The minimum absolute atomic E-state index is 0.142. The van der Waals surface area contributed by atoms with Gasteiger partial charge < -0.3 is 5.32 Å². The fraction of sp³-hybridized carbons (Fsp3) is 0.400. The second-order valence-corrected chi connectivity index (χ2v) is 3.85. The maximum Gasteiger partial charge on any atom is 0.174 e. The molecule has 1 aliphatic heterocycles. The van der Waals surface area contributed by atoms with E-state index in [2.05, 4.69) is 10.3 Å². The molecule has 0 spiro atoms. The molecule has 0 unspecified atom stereocenters. The third-order valence-electron chi connectivity index (χ3n) is 2.60. The lowest BCUT2D eigenvalue weighted by molar-refractivity contribution is 0.0717. The van der Waals surface area contributed by atoms with Crippen LogP contribution >= 0.6 is 0 Å². The van der Waals surface area contributed by atoms with Crippen LogP contribution in [0.4, 0.5) is 4.39 Å². The van der Waals surface area contributed by atoms with E-state index in [1.165, 1.54) is 12.3 Å². The highest BCUT2D eigenvalue weighted by Gasteiger charge is 2.40. The largest absolute Gasteiger partial charge is 0.315 e. The number of carbonyl (C=O) groups excluding carboxylic acids is 1. The maximum atomic E-state index is 13.2. The molecule has 1 N–H and O–H groups in total. The van der Waals surface area contributed by atoms with E-state index in [1.807, 2.05) is 6.92 Å². The molecular weight excluding hydrogens is 183 g/mol. The first kappa shape index (κ1) is 9.27. The van der Waals surface area contributed by atoms with Gasteiger partial charge in [0.15, 0.2) is 11.6 Å². The van der Waals surface area contributed by atoms with Crippen LogP contribution in [0.3, 0.4) is 0 Å². The van der Waals surface area contributed by atoms with Crippen LogP contribution in [0.2, 0.25) is 0 Å². The number of Topliss-reactive ketones (excluding diaryl/α,β-unsaturated/α-hetero) is 1. The molecule has 1 aliphatic rings. The summed E-state index contributed by atoms with van der Waals surface area (Å²) in [4.78, 5) is 15.5. The first-order valence-corrected chi connectivity index (χ1v) is 4.48. The molecule has 3 nitrogen and oxygen atoms in total. The number of hydrogen-bond donors (Lipinski definition) is 1. The fourth-order valence-electron chi connectivity index (χ4n) is 1.55. The van der Waals surface area contributed by atoms with Gasteiger partial charge in [0.1, 0.15) is 0 Å². The van der Waals surface area contributed by atoms with Crippen LogP contribution in [0.5, 0.6) is 0 Å². The molecule has 0 amide bonds. The van der Waals surface area contributed by atoms with Gasteiger partial charge in [-0.25, -0.2) is 4.39 Å². The summed E-state index contributed by atoms with van der Waals surface area (Å²) < 4.78 is 13.2.